The molecule has 0 saturated carbocycles. The molecule has 6 N–H and O–H groups in total. The fourth-order valence-corrected chi connectivity index (χ4v) is 5.27. The Kier molecular flexibility index (Phi) is 8.84. The first-order valence-electron chi connectivity index (χ1n) is 12.1. The van der Waals surface area contributed by atoms with E-state index in [1.165, 1.54) is 36.7 Å². The summed E-state index contributed by atoms with van der Waals surface area (Å²) >= 11 is 1.04. The Labute approximate surface area is 243 Å². The molecule has 1 fully saturated rings. The smallest absolute Gasteiger partial charge is 0.362 e. The molecule has 2 heterocycles. The molecule has 0 spiro atoms. The van der Waals surface area contributed by atoms with E-state index in [2.05, 4.69) is 26.0 Å². The van der Waals surface area contributed by atoms with Crippen molar-refractivity contribution in [2.24, 2.45) is 10.3 Å². The topological polar surface area (TPSA) is 226 Å². The number of aromatic hydroxyl groups is 1. The number of nitrogens with one attached hydrogen (secondary N) is 2. The van der Waals surface area contributed by atoms with Gasteiger partial charge in [0.25, 0.3) is 17.7 Å². The van der Waals surface area contributed by atoms with Crippen LogP contribution < -0.4 is 16.5 Å². The number of β-lactam (4-membered cyclic amide) rings is 1. The summed E-state index contributed by atoms with van der Waals surface area (Å²) in [6, 6.07) is 8.97. The predicted octanol–water partition coefficient (Wildman–Crippen LogP) is 0.942. The lowest BCUT2D eigenvalue weighted by Crippen LogP contribution is -2.71. The number of benzene rings is 2. The Morgan fingerprint density at radius 1 is 1.24 bits per heavy atom. The number of aryl methyl sites for hydroxylation is 1. The highest BCUT2D eigenvalue weighted by Crippen LogP contribution is 2.23. The van der Waals surface area contributed by atoms with Crippen LogP contribution in [0.1, 0.15) is 39.7 Å². The number of nitrogen functional groups attached to an aromatic ring is 1. The number of thiazole rings is 1. The Hall–Kier alpha value is -4.87. The molecule has 0 radical (unpaired) electrons. The summed E-state index contributed by atoms with van der Waals surface area (Å²) in [7, 11) is -4.77. The molecule has 220 valence electrons. The van der Waals surface area contributed by atoms with Gasteiger partial charge in [-0.15, -0.1) is 11.3 Å². The molecule has 1 aromatic heterocycles. The van der Waals surface area contributed by atoms with E-state index in [-0.39, 0.29) is 33.2 Å². The normalized spacial score (nSPS) is 17.2. The molecule has 4 rings (SSSR count). The van der Waals surface area contributed by atoms with E-state index in [1.54, 1.807) is 24.3 Å². The van der Waals surface area contributed by atoms with Gasteiger partial charge in [-0.1, -0.05) is 28.9 Å². The van der Waals surface area contributed by atoms with Crippen LogP contribution in [0.2, 0.25) is 0 Å². The number of amides is 3. The van der Waals surface area contributed by atoms with Crippen molar-refractivity contribution in [1.82, 2.24) is 20.0 Å². The molecule has 15 nitrogen and oxygen atoms in total. The van der Waals surface area contributed by atoms with E-state index < -0.39 is 40.1 Å². The van der Waals surface area contributed by atoms with Gasteiger partial charge in [0, 0.05) is 16.5 Å². The van der Waals surface area contributed by atoms with E-state index in [0.717, 1.165) is 16.9 Å². The number of carbonyl (C=O) groups excluding carboxylic acids is 3. The van der Waals surface area contributed by atoms with Crippen molar-refractivity contribution >= 4 is 56.4 Å². The summed E-state index contributed by atoms with van der Waals surface area (Å²) in [6.45, 7) is 3.08. The second-order valence-electron chi connectivity index (χ2n) is 9.05. The largest absolute Gasteiger partial charge is 0.507 e. The summed E-state index contributed by atoms with van der Waals surface area (Å²) in [5.74, 6) is -2.36. The summed E-state index contributed by atoms with van der Waals surface area (Å²) in [5.41, 5.74) is 10.0. The third kappa shape index (κ3) is 6.88. The molecule has 0 aliphatic carbocycles. The minimum Gasteiger partial charge on any atom is -0.507 e. The summed E-state index contributed by atoms with van der Waals surface area (Å²) in [4.78, 5) is 46.8. The number of hydrogen-bond donors (Lipinski definition) is 5. The van der Waals surface area contributed by atoms with Gasteiger partial charge in [0.05, 0.1) is 12.3 Å². The van der Waals surface area contributed by atoms with Crippen LogP contribution in [0.25, 0.3) is 0 Å². The van der Waals surface area contributed by atoms with Crippen LogP contribution in [0.5, 0.6) is 5.75 Å². The third-order valence-electron chi connectivity index (χ3n) is 6.01. The number of hydrazone groups is 1. The maximum atomic E-state index is 12.9. The third-order valence-corrected chi connectivity index (χ3v) is 7.69. The van der Waals surface area contributed by atoms with Crippen molar-refractivity contribution < 1.29 is 37.3 Å². The van der Waals surface area contributed by atoms with Gasteiger partial charge >= 0.3 is 10.3 Å². The first-order valence-corrected chi connectivity index (χ1v) is 14.4. The zero-order valence-electron chi connectivity index (χ0n) is 22.1. The minimum absolute atomic E-state index is 0.0272. The molecule has 0 bridgehead atoms. The first kappa shape index (κ1) is 30.1. The summed E-state index contributed by atoms with van der Waals surface area (Å²) < 4.78 is 32.0. The van der Waals surface area contributed by atoms with Gasteiger partial charge in [-0.3, -0.25) is 18.9 Å². The van der Waals surface area contributed by atoms with E-state index in [9.17, 15) is 27.9 Å². The molecule has 3 aromatic rings. The zero-order chi connectivity index (χ0) is 30.6. The number of phenolic OH excluding ortho intramolecular Hbond substituents is 1. The van der Waals surface area contributed by atoms with Crippen molar-refractivity contribution in [2.45, 2.75) is 32.5 Å². The number of nitrogens with zero attached hydrogens (tertiary/aromatic N) is 4. The summed E-state index contributed by atoms with van der Waals surface area (Å²) in [6.07, 6.45) is 1.33. The number of anilines is 1. The maximum Gasteiger partial charge on any atom is 0.362 e. The predicted molar refractivity (Wildman–Crippen MR) is 152 cm³/mol. The molecule has 1 aliphatic heterocycles. The number of hydrogen-bond acceptors (Lipinski definition) is 12. The number of aromatic nitrogens is 1. The number of rotatable bonds is 10. The van der Waals surface area contributed by atoms with Crippen LogP contribution in [0.4, 0.5) is 5.13 Å². The molecule has 1 saturated heterocycles. The molecule has 0 unspecified atom stereocenters. The van der Waals surface area contributed by atoms with E-state index in [0.29, 0.717) is 16.7 Å². The number of carbonyl (C=O) groups is 3. The van der Waals surface area contributed by atoms with Crippen molar-refractivity contribution in [3.05, 3.63) is 75.8 Å². The highest BCUT2D eigenvalue weighted by atomic mass is 32.2. The van der Waals surface area contributed by atoms with Gasteiger partial charge in [0.2, 0.25) is 0 Å². The molecular weight excluding hydrogens is 590 g/mol. The van der Waals surface area contributed by atoms with Crippen LogP contribution in [0.15, 0.2) is 58.1 Å². The molecule has 42 heavy (non-hydrogen) atoms. The zero-order valence-corrected chi connectivity index (χ0v) is 23.7. The van der Waals surface area contributed by atoms with Gasteiger partial charge in [0.1, 0.15) is 24.1 Å². The number of nitrogens with two attached hydrogens (primary N) is 1. The number of oxime groups is 1. The fraction of sp³-hybridized carbons (Fsp3) is 0.200. The van der Waals surface area contributed by atoms with Crippen LogP contribution in [-0.4, -0.2) is 69.1 Å². The molecular formula is C25H25N7O8S2. The lowest BCUT2D eigenvalue weighted by atomic mass is 10.0. The van der Waals surface area contributed by atoms with Gasteiger partial charge in [-0.2, -0.15) is 13.5 Å². The lowest BCUT2D eigenvalue weighted by Gasteiger charge is -2.42. The average molecular weight is 616 g/mol. The molecule has 3 amide bonds. The summed E-state index contributed by atoms with van der Waals surface area (Å²) in [5, 5.41) is 21.5. The molecule has 2 atom stereocenters. The monoisotopic (exact) mass is 615 g/mol. The van der Waals surface area contributed by atoms with Crippen LogP contribution in [0, 0.1) is 6.92 Å². The Morgan fingerprint density at radius 2 is 1.95 bits per heavy atom. The Balaban J connectivity index is 1.38. The van der Waals surface area contributed by atoms with Gasteiger partial charge in [-0.05, 0) is 43.7 Å². The molecule has 1 aliphatic rings. The van der Waals surface area contributed by atoms with Crippen molar-refractivity contribution in [3.8, 4) is 5.75 Å². The van der Waals surface area contributed by atoms with Crippen LogP contribution in [-0.2, 0) is 31.3 Å². The minimum atomic E-state index is -4.77. The van der Waals surface area contributed by atoms with Gasteiger partial charge in [-0.25, -0.2) is 14.7 Å². The van der Waals surface area contributed by atoms with Crippen LogP contribution in [0.3, 0.4) is 0 Å². The van der Waals surface area contributed by atoms with Crippen molar-refractivity contribution in [2.75, 3.05) is 5.73 Å². The first-order chi connectivity index (χ1) is 19.8. The fourth-order valence-electron chi connectivity index (χ4n) is 3.84. The second-order valence-corrected chi connectivity index (χ2v) is 11.2. The highest BCUT2D eigenvalue weighted by Gasteiger charge is 2.51. The van der Waals surface area contributed by atoms with Crippen molar-refractivity contribution in [1.29, 1.82) is 0 Å². The molecule has 2 aromatic carbocycles. The SMILES string of the molecule is Cc1ccc(O)c(/C=N/NC(=O)c2ccc(CO/N=C(\C(=O)N[C@@H]3C(=O)N(S(=O)(=O)O)[C@H]3C)c3csc(N)n3)cc2)c1. The van der Waals surface area contributed by atoms with Crippen LogP contribution >= 0.6 is 11.3 Å². The van der Waals surface area contributed by atoms with E-state index >= 15 is 0 Å². The number of phenols is 1. The lowest BCUT2D eigenvalue weighted by molar-refractivity contribution is -0.143. The maximum absolute atomic E-state index is 12.9. The quantitative estimate of drug-likeness (QED) is 0.0938. The van der Waals surface area contributed by atoms with E-state index in [1.807, 2.05) is 6.92 Å². The van der Waals surface area contributed by atoms with Gasteiger partial charge < -0.3 is 21.0 Å². The Bertz CT molecular complexity index is 1690. The molecule has 17 heteroatoms. The van der Waals surface area contributed by atoms with Gasteiger partial charge in [0.15, 0.2) is 10.8 Å². The Morgan fingerprint density at radius 3 is 2.57 bits per heavy atom. The average Bonchev–Trinajstić information content (AvgIpc) is 3.36. The highest BCUT2D eigenvalue weighted by molar-refractivity contribution is 7.84. The van der Waals surface area contributed by atoms with E-state index in [4.69, 9.17) is 15.1 Å². The standard InChI is InChI=1S/C25H25N7O8S2/c1-13-3-8-19(33)17(9-13)10-27-30-22(34)16-6-4-15(5-7-16)11-40-31-21(18-12-41-25(26)28-18)23(35)29-20-14(2)32(24(20)36)42(37,38)39/h3-10,12,14,20,33H,11H2,1-2H3,(H2,26,28)(H,29,35)(H,30,34)(H,37,38,39)/b27-10+,31-21-/t14-,20-/m0/s1. The van der Waals surface area contributed by atoms with Crippen molar-refractivity contribution in [3.63, 3.8) is 0 Å². The second kappa shape index (κ2) is 12.3.